The molecule has 0 aliphatic carbocycles. The fourth-order valence-electron chi connectivity index (χ4n) is 2.63. The monoisotopic (exact) mass is 408 g/mol. The lowest BCUT2D eigenvalue weighted by molar-refractivity contribution is -0.136. The first kappa shape index (κ1) is 20.5. The molecular formula is C24H21ClO4. The highest BCUT2D eigenvalue weighted by atomic mass is 35.5. The first-order valence-electron chi connectivity index (χ1n) is 9.06. The zero-order chi connectivity index (χ0) is 20.6. The molecule has 0 fully saturated rings. The third-order valence-corrected chi connectivity index (χ3v) is 4.59. The highest BCUT2D eigenvalue weighted by Gasteiger charge is 2.12. The lowest BCUT2D eigenvalue weighted by Crippen LogP contribution is -2.18. The Labute approximate surface area is 175 Å². The van der Waals surface area contributed by atoms with Crippen molar-refractivity contribution in [2.75, 3.05) is 13.7 Å². The molecule has 0 atom stereocenters. The van der Waals surface area contributed by atoms with Gasteiger partial charge < -0.3 is 14.2 Å². The van der Waals surface area contributed by atoms with Crippen molar-refractivity contribution < 1.29 is 19.0 Å². The van der Waals surface area contributed by atoms with E-state index in [1.807, 2.05) is 61.5 Å². The summed E-state index contributed by atoms with van der Waals surface area (Å²) in [6.07, 6.45) is 3.97. The molecule has 0 radical (unpaired) electrons. The second-order valence-corrected chi connectivity index (χ2v) is 6.74. The molecule has 3 aromatic rings. The Kier molecular flexibility index (Phi) is 6.93. The summed E-state index contributed by atoms with van der Waals surface area (Å²) < 4.78 is 16.2. The average Bonchev–Trinajstić information content (AvgIpc) is 2.74. The quantitative estimate of drug-likeness (QED) is 0.281. The Hall–Kier alpha value is -3.24. The molecule has 0 aliphatic heterocycles. The number of esters is 1. The highest BCUT2D eigenvalue weighted by Crippen LogP contribution is 2.29. The molecule has 5 heteroatoms. The maximum absolute atomic E-state index is 12.2. The minimum Gasteiger partial charge on any atom is -0.493 e. The van der Waals surface area contributed by atoms with Crippen LogP contribution in [0.25, 0.3) is 12.2 Å². The zero-order valence-corrected chi connectivity index (χ0v) is 17.0. The van der Waals surface area contributed by atoms with Crippen LogP contribution in [0.3, 0.4) is 0 Å². The van der Waals surface area contributed by atoms with E-state index in [1.165, 1.54) is 7.11 Å². The molecule has 4 nitrogen and oxygen atoms in total. The van der Waals surface area contributed by atoms with E-state index in [2.05, 4.69) is 0 Å². The fourth-order valence-corrected chi connectivity index (χ4v) is 2.75. The number of ether oxygens (including phenoxy) is 3. The Morgan fingerprint density at radius 1 is 0.931 bits per heavy atom. The van der Waals surface area contributed by atoms with Crippen molar-refractivity contribution in [2.24, 2.45) is 0 Å². The van der Waals surface area contributed by atoms with Gasteiger partial charge in [-0.05, 0) is 53.9 Å². The molecule has 0 saturated heterocycles. The molecule has 29 heavy (non-hydrogen) atoms. The summed E-state index contributed by atoms with van der Waals surface area (Å²) in [4.78, 5) is 12.2. The number of benzene rings is 3. The fraction of sp³-hybridized carbons (Fsp3) is 0.125. The number of hydrogen-bond acceptors (Lipinski definition) is 4. The molecule has 148 valence electrons. The first-order valence-corrected chi connectivity index (χ1v) is 9.44. The number of methoxy groups -OCH3 is 1. The van der Waals surface area contributed by atoms with E-state index in [4.69, 9.17) is 25.8 Å². The summed E-state index contributed by atoms with van der Waals surface area (Å²) in [6, 6.07) is 20.5. The van der Waals surface area contributed by atoms with E-state index in [0.717, 1.165) is 16.7 Å². The van der Waals surface area contributed by atoms with Crippen molar-refractivity contribution in [2.45, 2.75) is 6.92 Å². The van der Waals surface area contributed by atoms with Crippen LogP contribution in [0.15, 0.2) is 66.7 Å². The van der Waals surface area contributed by atoms with Gasteiger partial charge in [-0.3, -0.25) is 0 Å². The average molecular weight is 409 g/mol. The maximum atomic E-state index is 12.2. The van der Waals surface area contributed by atoms with Crippen LogP contribution in [-0.2, 0) is 4.79 Å². The number of carbonyl (C=O) groups excluding carboxylic acids is 1. The molecule has 0 unspecified atom stereocenters. The minimum absolute atomic E-state index is 0.222. The van der Waals surface area contributed by atoms with E-state index in [-0.39, 0.29) is 6.61 Å². The number of rotatable bonds is 7. The number of aryl methyl sites for hydroxylation is 1. The summed E-state index contributed by atoms with van der Waals surface area (Å²) in [5.74, 6) is 0.835. The van der Waals surface area contributed by atoms with Crippen LogP contribution in [0, 0.1) is 6.92 Å². The molecular weight excluding hydrogens is 388 g/mol. The van der Waals surface area contributed by atoms with Gasteiger partial charge in [-0.1, -0.05) is 60.2 Å². The van der Waals surface area contributed by atoms with Gasteiger partial charge >= 0.3 is 5.97 Å². The maximum Gasteiger partial charge on any atom is 0.349 e. The standard InChI is InChI=1S/C24H21ClO4/c1-17-14-20(11-12-21(17)25)28-16-24(26)29-22-13-10-19(15-23(22)27-2)9-8-18-6-4-3-5-7-18/h3-15H,16H2,1-2H3. The molecule has 0 N–H and O–H groups in total. The van der Waals surface area contributed by atoms with Crippen LogP contribution in [0.2, 0.25) is 5.02 Å². The SMILES string of the molecule is COc1cc(C=Cc2ccccc2)ccc1OC(=O)COc1ccc(Cl)c(C)c1. The van der Waals surface area contributed by atoms with Crippen LogP contribution in [0.1, 0.15) is 16.7 Å². The minimum atomic E-state index is -0.525. The Bertz CT molecular complexity index is 1010. The molecule has 0 heterocycles. The van der Waals surface area contributed by atoms with Gasteiger partial charge in [0.15, 0.2) is 18.1 Å². The van der Waals surface area contributed by atoms with Crippen molar-refractivity contribution in [3.63, 3.8) is 0 Å². The molecule has 0 spiro atoms. The molecule has 3 aromatic carbocycles. The second kappa shape index (κ2) is 9.80. The largest absolute Gasteiger partial charge is 0.493 e. The summed E-state index contributed by atoms with van der Waals surface area (Å²) in [7, 11) is 1.53. The Morgan fingerprint density at radius 2 is 1.69 bits per heavy atom. The first-order chi connectivity index (χ1) is 14.0. The summed E-state index contributed by atoms with van der Waals surface area (Å²) in [5, 5.41) is 0.645. The molecule has 3 rings (SSSR count). The van der Waals surface area contributed by atoms with E-state index in [0.29, 0.717) is 22.3 Å². The Morgan fingerprint density at radius 3 is 2.41 bits per heavy atom. The van der Waals surface area contributed by atoms with Gasteiger partial charge in [-0.25, -0.2) is 4.79 Å². The van der Waals surface area contributed by atoms with Crippen molar-refractivity contribution in [3.05, 3.63) is 88.4 Å². The van der Waals surface area contributed by atoms with Crippen LogP contribution in [-0.4, -0.2) is 19.7 Å². The van der Waals surface area contributed by atoms with Crippen molar-refractivity contribution in [3.8, 4) is 17.2 Å². The van der Waals surface area contributed by atoms with Gasteiger partial charge in [0.05, 0.1) is 7.11 Å². The van der Waals surface area contributed by atoms with Gasteiger partial charge in [0.1, 0.15) is 5.75 Å². The van der Waals surface area contributed by atoms with E-state index in [9.17, 15) is 4.79 Å². The highest BCUT2D eigenvalue weighted by molar-refractivity contribution is 6.31. The van der Waals surface area contributed by atoms with E-state index in [1.54, 1.807) is 24.3 Å². The van der Waals surface area contributed by atoms with Gasteiger partial charge in [-0.15, -0.1) is 0 Å². The summed E-state index contributed by atoms with van der Waals surface area (Å²) in [5.41, 5.74) is 2.90. The van der Waals surface area contributed by atoms with Gasteiger partial charge in [0.2, 0.25) is 0 Å². The van der Waals surface area contributed by atoms with Crippen LogP contribution >= 0.6 is 11.6 Å². The van der Waals surface area contributed by atoms with Gasteiger partial charge in [0.25, 0.3) is 0 Å². The molecule has 0 aliphatic rings. The topological polar surface area (TPSA) is 44.8 Å². The predicted octanol–water partition coefficient (Wildman–Crippen LogP) is 5.81. The van der Waals surface area contributed by atoms with Crippen LogP contribution in [0.4, 0.5) is 0 Å². The molecule has 0 aromatic heterocycles. The van der Waals surface area contributed by atoms with Crippen molar-refractivity contribution in [1.82, 2.24) is 0 Å². The summed E-state index contributed by atoms with van der Waals surface area (Å²) in [6.45, 7) is 1.64. The third kappa shape index (κ3) is 5.87. The van der Waals surface area contributed by atoms with Gasteiger partial charge in [0, 0.05) is 5.02 Å². The molecule has 0 saturated carbocycles. The number of hydrogen-bond donors (Lipinski definition) is 0. The normalized spacial score (nSPS) is 10.7. The third-order valence-electron chi connectivity index (χ3n) is 4.17. The predicted molar refractivity (Wildman–Crippen MR) is 116 cm³/mol. The van der Waals surface area contributed by atoms with Crippen LogP contribution in [0.5, 0.6) is 17.2 Å². The lowest BCUT2D eigenvalue weighted by atomic mass is 10.1. The van der Waals surface area contributed by atoms with E-state index >= 15 is 0 Å². The smallest absolute Gasteiger partial charge is 0.349 e. The lowest BCUT2D eigenvalue weighted by Gasteiger charge is -2.11. The van der Waals surface area contributed by atoms with Crippen LogP contribution < -0.4 is 14.2 Å². The molecule has 0 amide bonds. The van der Waals surface area contributed by atoms with Crippen molar-refractivity contribution in [1.29, 1.82) is 0 Å². The van der Waals surface area contributed by atoms with E-state index < -0.39 is 5.97 Å². The molecule has 0 bridgehead atoms. The number of carbonyl (C=O) groups is 1. The van der Waals surface area contributed by atoms with Gasteiger partial charge in [-0.2, -0.15) is 0 Å². The Balaban J connectivity index is 1.63. The number of halogens is 1. The summed E-state index contributed by atoms with van der Waals surface area (Å²) >= 11 is 5.99. The zero-order valence-electron chi connectivity index (χ0n) is 16.2. The second-order valence-electron chi connectivity index (χ2n) is 6.33. The van der Waals surface area contributed by atoms with Crippen molar-refractivity contribution >= 4 is 29.7 Å².